The second-order valence-corrected chi connectivity index (χ2v) is 11.9. The lowest BCUT2D eigenvalue weighted by Gasteiger charge is -2.34. The minimum atomic E-state index is -4.50. The van der Waals surface area contributed by atoms with Gasteiger partial charge in [0.2, 0.25) is 5.88 Å². The molecule has 6 rings (SSSR count). The topological polar surface area (TPSA) is 88.9 Å². The Kier molecular flexibility index (Phi) is 11.2. The zero-order valence-electron chi connectivity index (χ0n) is 27.4. The Morgan fingerprint density at radius 1 is 0.902 bits per heavy atom. The highest BCUT2D eigenvalue weighted by atomic mass is 35.5. The van der Waals surface area contributed by atoms with Crippen LogP contribution in [0, 0.1) is 6.92 Å². The third-order valence-corrected chi connectivity index (χ3v) is 8.47. The van der Waals surface area contributed by atoms with Crippen LogP contribution in [0.4, 0.5) is 27.6 Å². The molecule has 0 atom stereocenters. The van der Waals surface area contributed by atoms with Crippen LogP contribution in [0.1, 0.15) is 37.5 Å². The molecule has 2 amide bonds. The molecule has 1 N–H and O–H groups in total. The second-order valence-electron chi connectivity index (χ2n) is 11.9. The van der Waals surface area contributed by atoms with Crippen molar-refractivity contribution >= 4 is 40.8 Å². The van der Waals surface area contributed by atoms with Crippen LogP contribution in [0.5, 0.6) is 17.4 Å². The van der Waals surface area contributed by atoms with E-state index in [-0.39, 0.29) is 41.1 Å². The first-order valence-electron chi connectivity index (χ1n) is 15.6. The number of nitrogens with one attached hydrogen (secondary N) is 1. The predicted molar refractivity (Wildman–Crippen MR) is 183 cm³/mol. The number of hydrogen-bond acceptors (Lipinski definition) is 6. The Labute approximate surface area is 296 Å². The minimum absolute atomic E-state index is 0. The summed E-state index contributed by atoms with van der Waals surface area (Å²) in [6.45, 7) is 1.59. The standard InChI is InChI=1S/C36H32F5N5O4.ClH/c1-22-17-25(36(39,40)41)6-11-29(22)33(47)43-26-7-12-32(42-20-26)49-28-10-5-24-18-31(44(2)30(24)19-28)34(48)46-15-13-45(14-16-46)21-23-3-8-27(9-4-23)50-35(37)38;/h3-12,17-20,35H,13-16,21H2,1-2H3,(H,43,47);1H. The Bertz CT molecular complexity index is 2010. The molecule has 1 aliphatic heterocycles. The van der Waals surface area contributed by atoms with Gasteiger partial charge in [-0.25, -0.2) is 4.98 Å². The summed E-state index contributed by atoms with van der Waals surface area (Å²) < 4.78 is 75.9. The van der Waals surface area contributed by atoms with Gasteiger partial charge in [-0.3, -0.25) is 14.5 Å². The Morgan fingerprint density at radius 2 is 1.61 bits per heavy atom. The van der Waals surface area contributed by atoms with E-state index in [0.717, 1.165) is 34.7 Å². The lowest BCUT2D eigenvalue weighted by molar-refractivity contribution is -0.137. The van der Waals surface area contributed by atoms with Gasteiger partial charge in [-0.15, -0.1) is 12.4 Å². The molecule has 0 radical (unpaired) electrons. The molecular weight excluding hydrogens is 697 g/mol. The molecule has 3 aromatic carbocycles. The molecule has 51 heavy (non-hydrogen) atoms. The number of piperazine rings is 1. The molecule has 3 heterocycles. The van der Waals surface area contributed by atoms with Crippen LogP contribution >= 0.6 is 12.4 Å². The fourth-order valence-electron chi connectivity index (χ4n) is 5.81. The van der Waals surface area contributed by atoms with E-state index in [9.17, 15) is 31.5 Å². The van der Waals surface area contributed by atoms with Gasteiger partial charge in [0.15, 0.2) is 0 Å². The summed E-state index contributed by atoms with van der Waals surface area (Å²) in [7, 11) is 1.81. The SMILES string of the molecule is Cc1cc(C(F)(F)F)ccc1C(=O)Nc1ccc(Oc2ccc3cc(C(=O)N4CCN(Cc5ccc(OC(F)F)cc5)CC4)n(C)c3c2)nc1.Cl. The predicted octanol–water partition coefficient (Wildman–Crippen LogP) is 7.93. The summed E-state index contributed by atoms with van der Waals surface area (Å²) in [6, 6.07) is 19.8. The van der Waals surface area contributed by atoms with E-state index in [1.165, 1.54) is 25.3 Å². The average Bonchev–Trinajstić information content (AvgIpc) is 3.41. The van der Waals surface area contributed by atoms with Crippen molar-refractivity contribution in [1.29, 1.82) is 0 Å². The largest absolute Gasteiger partial charge is 0.439 e. The summed E-state index contributed by atoms with van der Waals surface area (Å²) in [5, 5.41) is 3.49. The van der Waals surface area contributed by atoms with Crippen molar-refractivity contribution in [2.24, 2.45) is 7.05 Å². The highest BCUT2D eigenvalue weighted by Gasteiger charge is 2.31. The number of aromatic nitrogens is 2. The van der Waals surface area contributed by atoms with Gasteiger partial charge in [0, 0.05) is 62.9 Å². The third-order valence-electron chi connectivity index (χ3n) is 8.47. The molecule has 1 aliphatic rings. The van der Waals surface area contributed by atoms with Crippen LogP contribution in [-0.4, -0.2) is 64.0 Å². The molecule has 15 heteroatoms. The van der Waals surface area contributed by atoms with Crippen molar-refractivity contribution in [1.82, 2.24) is 19.4 Å². The first-order chi connectivity index (χ1) is 23.8. The summed E-state index contributed by atoms with van der Waals surface area (Å²) in [5.41, 5.74) is 2.08. The summed E-state index contributed by atoms with van der Waals surface area (Å²) in [4.78, 5) is 34.5. The number of alkyl halides is 5. The lowest BCUT2D eigenvalue weighted by atomic mass is 10.0. The molecule has 0 saturated carbocycles. The van der Waals surface area contributed by atoms with Gasteiger partial charge in [-0.1, -0.05) is 12.1 Å². The smallest absolute Gasteiger partial charge is 0.416 e. The maximum atomic E-state index is 13.5. The van der Waals surface area contributed by atoms with Gasteiger partial charge in [0.05, 0.1) is 23.0 Å². The van der Waals surface area contributed by atoms with Crippen LogP contribution in [0.2, 0.25) is 0 Å². The zero-order valence-corrected chi connectivity index (χ0v) is 28.2. The monoisotopic (exact) mass is 729 g/mol. The number of benzene rings is 3. The van der Waals surface area contributed by atoms with E-state index in [4.69, 9.17) is 4.74 Å². The van der Waals surface area contributed by atoms with Crippen LogP contribution in [-0.2, 0) is 19.8 Å². The number of aryl methyl sites for hydroxylation is 2. The van der Waals surface area contributed by atoms with Crippen LogP contribution < -0.4 is 14.8 Å². The van der Waals surface area contributed by atoms with Crippen LogP contribution in [0.15, 0.2) is 85.1 Å². The van der Waals surface area contributed by atoms with Crippen molar-refractivity contribution in [3.8, 4) is 17.4 Å². The van der Waals surface area contributed by atoms with Gasteiger partial charge >= 0.3 is 12.8 Å². The Balaban J connectivity index is 0.00000504. The van der Waals surface area contributed by atoms with Gasteiger partial charge in [-0.2, -0.15) is 22.0 Å². The van der Waals surface area contributed by atoms with Gasteiger partial charge in [-0.05, 0) is 72.6 Å². The van der Waals surface area contributed by atoms with E-state index < -0.39 is 24.3 Å². The van der Waals surface area contributed by atoms with Crippen molar-refractivity contribution in [2.45, 2.75) is 26.3 Å². The third kappa shape index (κ3) is 8.75. The lowest BCUT2D eigenvalue weighted by Crippen LogP contribution is -2.48. The molecule has 9 nitrogen and oxygen atoms in total. The molecule has 268 valence electrons. The first kappa shape index (κ1) is 37.1. The number of carbonyl (C=O) groups excluding carboxylic acids is 2. The highest BCUT2D eigenvalue weighted by Crippen LogP contribution is 2.31. The number of rotatable bonds is 9. The van der Waals surface area contributed by atoms with E-state index in [1.807, 2.05) is 28.6 Å². The fraction of sp³-hybridized carbons (Fsp3) is 0.250. The number of ether oxygens (including phenoxy) is 2. The van der Waals surface area contributed by atoms with Gasteiger partial charge in [0.25, 0.3) is 11.8 Å². The molecular formula is C36H33ClF5N5O4. The zero-order chi connectivity index (χ0) is 35.6. The van der Waals surface area contributed by atoms with Crippen LogP contribution in [0.25, 0.3) is 10.9 Å². The minimum Gasteiger partial charge on any atom is -0.439 e. The number of nitrogens with zero attached hydrogens (tertiary/aromatic N) is 4. The van der Waals surface area contributed by atoms with Crippen molar-refractivity contribution in [2.75, 3.05) is 31.5 Å². The number of fused-ring (bicyclic) bond motifs is 1. The van der Waals surface area contributed by atoms with E-state index >= 15 is 0 Å². The first-order valence-corrected chi connectivity index (χ1v) is 15.6. The summed E-state index contributed by atoms with van der Waals surface area (Å²) >= 11 is 0. The van der Waals surface area contributed by atoms with Crippen molar-refractivity contribution < 1.29 is 41.0 Å². The van der Waals surface area contributed by atoms with E-state index in [2.05, 4.69) is 19.9 Å². The summed E-state index contributed by atoms with van der Waals surface area (Å²) in [5.74, 6) is 0.171. The molecule has 0 bridgehead atoms. The number of anilines is 1. The van der Waals surface area contributed by atoms with E-state index in [0.29, 0.717) is 49.9 Å². The van der Waals surface area contributed by atoms with Crippen molar-refractivity contribution in [3.05, 3.63) is 113 Å². The normalized spacial score (nSPS) is 13.6. The maximum absolute atomic E-state index is 13.5. The second kappa shape index (κ2) is 15.4. The number of carbonyl (C=O) groups is 2. The fourth-order valence-corrected chi connectivity index (χ4v) is 5.81. The Morgan fingerprint density at radius 3 is 2.24 bits per heavy atom. The quantitative estimate of drug-likeness (QED) is 0.155. The summed E-state index contributed by atoms with van der Waals surface area (Å²) in [6.07, 6.45) is -3.12. The average molecular weight is 730 g/mol. The van der Waals surface area contributed by atoms with Crippen molar-refractivity contribution in [3.63, 3.8) is 0 Å². The molecule has 1 fully saturated rings. The Hall–Kier alpha value is -5.21. The highest BCUT2D eigenvalue weighted by molar-refractivity contribution is 6.05. The molecule has 2 aromatic heterocycles. The number of halogens is 6. The van der Waals surface area contributed by atoms with Crippen LogP contribution in [0.3, 0.4) is 0 Å². The molecule has 5 aromatic rings. The van der Waals surface area contributed by atoms with Gasteiger partial charge < -0.3 is 24.3 Å². The molecule has 0 unspecified atom stereocenters. The van der Waals surface area contributed by atoms with E-state index in [1.54, 1.807) is 36.4 Å². The molecule has 0 spiro atoms. The maximum Gasteiger partial charge on any atom is 0.416 e. The number of pyridine rings is 1. The molecule has 0 aliphatic carbocycles. The number of amides is 2. The molecule has 1 saturated heterocycles. The van der Waals surface area contributed by atoms with Gasteiger partial charge in [0.1, 0.15) is 17.2 Å². The number of hydrogen-bond donors (Lipinski definition) is 1.